The van der Waals surface area contributed by atoms with Gasteiger partial charge in [-0.1, -0.05) is 139 Å². The smallest absolute Gasteiger partial charge is 0.0385 e. The minimum atomic E-state index is 0.461. The van der Waals surface area contributed by atoms with Crippen molar-refractivity contribution in [3.63, 3.8) is 0 Å². The number of benzene rings is 8. The molecule has 2 unspecified atom stereocenters. The summed E-state index contributed by atoms with van der Waals surface area (Å²) in [7, 11) is 0. The summed E-state index contributed by atoms with van der Waals surface area (Å²) in [6.07, 6.45) is 14.5. The summed E-state index contributed by atoms with van der Waals surface area (Å²) in [5, 5.41) is 27.7. The lowest BCUT2D eigenvalue weighted by molar-refractivity contribution is 0.463. The summed E-state index contributed by atoms with van der Waals surface area (Å²) < 4.78 is 0. The molecule has 0 bridgehead atoms. The van der Waals surface area contributed by atoms with E-state index in [4.69, 9.17) is 0 Å². The highest BCUT2D eigenvalue weighted by Gasteiger charge is 2.13. The Kier molecular flexibility index (Phi) is 26.6. The topological polar surface area (TPSA) is 96.2 Å². The van der Waals surface area contributed by atoms with Crippen molar-refractivity contribution < 1.29 is 0 Å². The van der Waals surface area contributed by atoms with E-state index in [1.807, 2.05) is 72.8 Å². The molecule has 0 saturated heterocycles. The monoisotopic (exact) mass is 1060 g/mol. The second-order valence-corrected chi connectivity index (χ2v) is 21.6. The van der Waals surface area contributed by atoms with Crippen LogP contribution in [0.5, 0.6) is 0 Å². The van der Waals surface area contributed by atoms with E-state index in [0.717, 1.165) is 57.1 Å². The molecule has 79 heavy (non-hydrogen) atoms. The fourth-order valence-electron chi connectivity index (χ4n) is 9.45. The van der Waals surface area contributed by atoms with Gasteiger partial charge in [-0.2, -0.15) is 0 Å². The van der Waals surface area contributed by atoms with Crippen molar-refractivity contribution in [3.05, 3.63) is 218 Å². The highest BCUT2D eigenvalue weighted by molar-refractivity contribution is 5.66. The summed E-state index contributed by atoms with van der Waals surface area (Å²) in [6, 6.07) is 77.0. The van der Waals surface area contributed by atoms with Crippen molar-refractivity contribution >= 4 is 68.2 Å². The molecule has 1 saturated carbocycles. The fourth-order valence-corrected chi connectivity index (χ4v) is 9.45. The normalized spacial score (nSPS) is 12.6. The van der Waals surface area contributed by atoms with Gasteiger partial charge >= 0.3 is 0 Å². The van der Waals surface area contributed by atoms with Crippen LogP contribution in [0.4, 0.5) is 68.2 Å². The SMILES string of the molecule is CC(C)CC(C)Nc1ccc(Nc2ccccc2)cc1.CC(C)Nc1ccc(Nc2ccccc2)cc1.CCCCCCC(C)Nc1ccc(Nc2ccccc2)cc1.c1ccc(Nc2ccc(NC3CCCCC3)cc2)cc1. The fraction of sp³-hybridized carbons (Fsp3) is 0.324. The van der Waals surface area contributed by atoms with Gasteiger partial charge in [-0.3, -0.25) is 0 Å². The van der Waals surface area contributed by atoms with E-state index in [0.29, 0.717) is 24.2 Å². The number of nitrogens with one attached hydrogen (secondary N) is 8. The molecule has 416 valence electrons. The molecule has 8 nitrogen and oxygen atoms in total. The molecule has 8 aromatic carbocycles. The molecule has 0 radical (unpaired) electrons. The summed E-state index contributed by atoms with van der Waals surface area (Å²) in [5.74, 6) is 0.719. The average molecular weight is 1060 g/mol. The Labute approximate surface area is 476 Å². The summed E-state index contributed by atoms with van der Waals surface area (Å²) in [4.78, 5) is 0. The number of anilines is 12. The maximum absolute atomic E-state index is 3.64. The predicted octanol–water partition coefficient (Wildman–Crippen LogP) is 20.9. The first-order chi connectivity index (χ1) is 38.5. The van der Waals surface area contributed by atoms with E-state index in [1.54, 1.807) is 0 Å². The molecule has 0 spiro atoms. The molecule has 8 heteroatoms. The zero-order chi connectivity index (χ0) is 55.7. The zero-order valence-electron chi connectivity index (χ0n) is 48.4. The molecule has 1 aliphatic carbocycles. The van der Waals surface area contributed by atoms with Crippen LogP contribution in [0.3, 0.4) is 0 Å². The molecule has 9 rings (SSSR count). The Morgan fingerprint density at radius 3 is 0.987 bits per heavy atom. The third-order valence-corrected chi connectivity index (χ3v) is 13.4. The van der Waals surface area contributed by atoms with Gasteiger partial charge in [-0.05, 0) is 205 Å². The van der Waals surface area contributed by atoms with Gasteiger partial charge in [0.05, 0.1) is 0 Å². The summed E-state index contributed by atoms with van der Waals surface area (Å²) in [5.41, 5.74) is 13.7. The van der Waals surface area contributed by atoms with Gasteiger partial charge in [0.15, 0.2) is 0 Å². The minimum absolute atomic E-state index is 0.461. The lowest BCUT2D eigenvalue weighted by Gasteiger charge is -2.24. The second-order valence-electron chi connectivity index (χ2n) is 21.6. The largest absolute Gasteiger partial charge is 0.383 e. The van der Waals surface area contributed by atoms with Crippen LogP contribution in [0.2, 0.25) is 0 Å². The van der Waals surface area contributed by atoms with Crippen molar-refractivity contribution in [2.24, 2.45) is 5.92 Å². The number of hydrogen-bond acceptors (Lipinski definition) is 8. The Morgan fingerprint density at radius 1 is 0.329 bits per heavy atom. The standard InChI is InChI=1S/C20H28N2.C18H22N2.C18H24N2.C15H18N2/c1-3-4-5-7-10-17(2)21-19-13-15-20(16-14-19)22-18-11-8-6-9-12-18;1-3-7-15(8-4-1)19-17-11-13-18(14-12-17)20-16-9-5-2-6-10-16;1-14(2)13-15(3)19-17-9-11-18(12-10-17)20-16-7-5-4-6-8-16;1-12(2)16-14-8-10-15(11-9-14)17-13-6-4-3-5-7-13/h6,8-9,11-17,21-22H,3-5,7,10H2,1-2H3;1,3-4,7-8,11-14,16,19-20H,2,5-6,9-10H2;4-12,14-15,19-20H,13H2,1-3H3;3-12,16-17H,1-2H3. The van der Waals surface area contributed by atoms with Gasteiger partial charge in [-0.25, -0.2) is 0 Å². The third-order valence-electron chi connectivity index (χ3n) is 13.4. The van der Waals surface area contributed by atoms with E-state index < -0.39 is 0 Å². The Balaban J connectivity index is 0.000000171. The van der Waals surface area contributed by atoms with Crippen molar-refractivity contribution in [1.29, 1.82) is 0 Å². The molecule has 1 aliphatic rings. The Bertz CT molecular complexity index is 2760. The van der Waals surface area contributed by atoms with Crippen LogP contribution in [0.1, 0.15) is 119 Å². The van der Waals surface area contributed by atoms with Crippen LogP contribution in [0, 0.1) is 5.92 Å². The van der Waals surface area contributed by atoms with Crippen LogP contribution >= 0.6 is 0 Å². The van der Waals surface area contributed by atoms with Crippen molar-refractivity contribution in [2.45, 2.75) is 143 Å². The quantitative estimate of drug-likeness (QED) is 0.0300. The van der Waals surface area contributed by atoms with Crippen LogP contribution in [0.25, 0.3) is 0 Å². The first kappa shape index (κ1) is 60.4. The number of hydrogen-bond donors (Lipinski definition) is 8. The maximum atomic E-state index is 3.64. The molecule has 0 aliphatic heterocycles. The number of unbranched alkanes of at least 4 members (excludes halogenated alkanes) is 3. The minimum Gasteiger partial charge on any atom is -0.383 e. The number of rotatable bonds is 23. The lowest BCUT2D eigenvalue weighted by Crippen LogP contribution is -2.22. The molecular formula is C71H92N8. The van der Waals surface area contributed by atoms with E-state index in [1.165, 1.54) is 87.7 Å². The van der Waals surface area contributed by atoms with Crippen molar-refractivity contribution in [2.75, 3.05) is 42.5 Å². The van der Waals surface area contributed by atoms with Crippen molar-refractivity contribution in [3.8, 4) is 0 Å². The van der Waals surface area contributed by atoms with Gasteiger partial charge < -0.3 is 42.5 Å². The first-order valence-corrected chi connectivity index (χ1v) is 29.3. The van der Waals surface area contributed by atoms with Gasteiger partial charge in [0, 0.05) is 92.4 Å². The van der Waals surface area contributed by atoms with E-state index in [2.05, 4.69) is 237 Å². The predicted molar refractivity (Wildman–Crippen MR) is 348 cm³/mol. The van der Waals surface area contributed by atoms with Crippen LogP contribution in [-0.4, -0.2) is 24.2 Å². The zero-order valence-corrected chi connectivity index (χ0v) is 48.4. The third kappa shape index (κ3) is 25.0. The van der Waals surface area contributed by atoms with E-state index >= 15 is 0 Å². The van der Waals surface area contributed by atoms with Crippen LogP contribution < -0.4 is 42.5 Å². The molecule has 0 amide bonds. The van der Waals surface area contributed by atoms with Crippen LogP contribution in [0.15, 0.2) is 218 Å². The highest BCUT2D eigenvalue weighted by Crippen LogP contribution is 2.26. The van der Waals surface area contributed by atoms with Gasteiger partial charge in [0.2, 0.25) is 0 Å². The second kappa shape index (κ2) is 34.8. The van der Waals surface area contributed by atoms with Gasteiger partial charge in [-0.15, -0.1) is 0 Å². The molecule has 0 heterocycles. The summed E-state index contributed by atoms with van der Waals surface area (Å²) >= 11 is 0. The van der Waals surface area contributed by atoms with Crippen LogP contribution in [-0.2, 0) is 0 Å². The molecule has 1 fully saturated rings. The number of para-hydroxylation sites is 4. The molecule has 8 N–H and O–H groups in total. The first-order valence-electron chi connectivity index (χ1n) is 29.3. The summed E-state index contributed by atoms with van der Waals surface area (Å²) in [6.45, 7) is 15.5. The van der Waals surface area contributed by atoms with Gasteiger partial charge in [0.1, 0.15) is 0 Å². The molecule has 2 atom stereocenters. The molecular weight excluding hydrogens is 965 g/mol. The van der Waals surface area contributed by atoms with Gasteiger partial charge in [0.25, 0.3) is 0 Å². The Hall–Kier alpha value is -7.84. The Morgan fingerprint density at radius 2 is 0.646 bits per heavy atom. The molecule has 0 aromatic heterocycles. The highest BCUT2D eigenvalue weighted by atomic mass is 14.9. The molecule has 8 aromatic rings. The lowest BCUT2D eigenvalue weighted by atomic mass is 9.95. The van der Waals surface area contributed by atoms with E-state index in [-0.39, 0.29) is 0 Å². The average Bonchev–Trinajstić information content (AvgIpc) is 3.46. The maximum Gasteiger partial charge on any atom is 0.0385 e. The van der Waals surface area contributed by atoms with Crippen molar-refractivity contribution in [1.82, 2.24) is 0 Å². The van der Waals surface area contributed by atoms with E-state index in [9.17, 15) is 0 Å².